The van der Waals surface area contributed by atoms with Gasteiger partial charge in [-0.2, -0.15) is 4.39 Å². The molecule has 0 N–H and O–H groups in total. The number of ether oxygens (including phenoxy) is 1. The molecule has 0 aliphatic heterocycles. The Labute approximate surface area is 150 Å². The quantitative estimate of drug-likeness (QED) is 0.324. The van der Waals surface area contributed by atoms with Crippen molar-refractivity contribution in [3.05, 3.63) is 48.1 Å². The normalized spacial score (nSPS) is 17.2. The SMILES string of the molecule is C=CCCC1CC=C(c2ccc(OCCCCCC)c(F)c2F)CC1. The minimum Gasteiger partial charge on any atom is -0.490 e. The molecule has 0 radical (unpaired) electrons. The van der Waals surface area contributed by atoms with Crippen LogP contribution in [0.25, 0.3) is 5.57 Å². The maximum Gasteiger partial charge on any atom is 0.201 e. The van der Waals surface area contributed by atoms with Crippen LogP contribution >= 0.6 is 0 Å². The molecular formula is C22H30F2O. The van der Waals surface area contributed by atoms with E-state index in [1.54, 1.807) is 12.1 Å². The lowest BCUT2D eigenvalue weighted by Crippen LogP contribution is -2.07. The van der Waals surface area contributed by atoms with Crippen molar-refractivity contribution in [2.45, 2.75) is 64.7 Å². The van der Waals surface area contributed by atoms with Gasteiger partial charge in [-0.15, -0.1) is 6.58 Å². The lowest BCUT2D eigenvalue weighted by Gasteiger charge is -2.22. The van der Waals surface area contributed by atoms with E-state index in [-0.39, 0.29) is 5.75 Å². The molecule has 1 aliphatic carbocycles. The first-order chi connectivity index (χ1) is 12.2. The van der Waals surface area contributed by atoms with Crippen LogP contribution in [-0.4, -0.2) is 6.61 Å². The fourth-order valence-corrected chi connectivity index (χ4v) is 3.35. The summed E-state index contributed by atoms with van der Waals surface area (Å²) in [6, 6.07) is 3.23. The monoisotopic (exact) mass is 348 g/mol. The van der Waals surface area contributed by atoms with Crippen LogP contribution < -0.4 is 4.74 Å². The third kappa shape index (κ3) is 5.69. The smallest absolute Gasteiger partial charge is 0.201 e. The predicted molar refractivity (Wildman–Crippen MR) is 101 cm³/mol. The molecule has 0 amide bonds. The van der Waals surface area contributed by atoms with Crippen LogP contribution in [0.2, 0.25) is 0 Å². The van der Waals surface area contributed by atoms with Gasteiger partial charge in [0.2, 0.25) is 5.82 Å². The minimum absolute atomic E-state index is 0.0259. The highest BCUT2D eigenvalue weighted by molar-refractivity contribution is 5.67. The van der Waals surface area contributed by atoms with E-state index in [0.29, 0.717) is 18.1 Å². The lowest BCUT2D eigenvalue weighted by atomic mass is 9.84. The first-order valence-electron chi connectivity index (χ1n) is 9.58. The summed E-state index contributed by atoms with van der Waals surface area (Å²) in [5.74, 6) is -0.983. The molecule has 138 valence electrons. The minimum atomic E-state index is -0.859. The molecule has 0 saturated carbocycles. The van der Waals surface area contributed by atoms with Crippen LogP contribution in [-0.2, 0) is 0 Å². The van der Waals surface area contributed by atoms with Crippen molar-refractivity contribution in [3.8, 4) is 5.75 Å². The van der Waals surface area contributed by atoms with Crippen molar-refractivity contribution in [1.82, 2.24) is 0 Å². The molecule has 1 atom stereocenters. The maximum absolute atomic E-state index is 14.5. The first kappa shape index (κ1) is 19.7. The van der Waals surface area contributed by atoms with Crippen LogP contribution in [0, 0.1) is 17.6 Å². The summed E-state index contributed by atoms with van der Waals surface area (Å²) in [6.45, 7) is 6.32. The molecule has 1 aromatic carbocycles. The van der Waals surface area contributed by atoms with Gasteiger partial charge >= 0.3 is 0 Å². The number of hydrogen-bond acceptors (Lipinski definition) is 1. The molecule has 1 nitrogen and oxygen atoms in total. The zero-order chi connectivity index (χ0) is 18.1. The van der Waals surface area contributed by atoms with Gasteiger partial charge < -0.3 is 4.74 Å². The molecule has 0 saturated heterocycles. The van der Waals surface area contributed by atoms with E-state index in [9.17, 15) is 8.78 Å². The number of allylic oxidation sites excluding steroid dienone is 3. The van der Waals surface area contributed by atoms with Crippen LogP contribution in [0.15, 0.2) is 30.9 Å². The molecule has 0 heterocycles. The molecule has 3 heteroatoms. The zero-order valence-electron chi connectivity index (χ0n) is 15.3. The van der Waals surface area contributed by atoms with Gasteiger partial charge in [-0.3, -0.25) is 0 Å². The van der Waals surface area contributed by atoms with Gasteiger partial charge in [-0.1, -0.05) is 38.3 Å². The third-order valence-corrected chi connectivity index (χ3v) is 4.95. The van der Waals surface area contributed by atoms with Gasteiger partial charge in [-0.05, 0) is 62.1 Å². The zero-order valence-corrected chi connectivity index (χ0v) is 15.3. The first-order valence-corrected chi connectivity index (χ1v) is 9.58. The van der Waals surface area contributed by atoms with Gasteiger partial charge in [-0.25, -0.2) is 4.39 Å². The molecule has 0 aromatic heterocycles. The van der Waals surface area contributed by atoms with E-state index in [1.807, 2.05) is 6.08 Å². The van der Waals surface area contributed by atoms with Crippen LogP contribution in [0.5, 0.6) is 5.75 Å². The van der Waals surface area contributed by atoms with Gasteiger partial charge in [0.05, 0.1) is 6.61 Å². The van der Waals surface area contributed by atoms with Crippen molar-refractivity contribution < 1.29 is 13.5 Å². The Morgan fingerprint density at radius 3 is 2.72 bits per heavy atom. The van der Waals surface area contributed by atoms with E-state index in [2.05, 4.69) is 19.6 Å². The number of halogens is 2. The van der Waals surface area contributed by atoms with Gasteiger partial charge in [0.1, 0.15) is 0 Å². The molecule has 0 fully saturated rings. The fraction of sp³-hybridized carbons (Fsp3) is 0.545. The molecule has 0 spiro atoms. The third-order valence-electron chi connectivity index (χ3n) is 4.95. The highest BCUT2D eigenvalue weighted by Gasteiger charge is 2.20. The topological polar surface area (TPSA) is 9.23 Å². The van der Waals surface area contributed by atoms with E-state index in [1.165, 1.54) is 0 Å². The second-order valence-corrected chi connectivity index (χ2v) is 6.88. The standard InChI is InChI=1S/C22H30F2O/c1-3-5-7-8-16-25-20-15-14-19(21(23)22(20)24)18-12-10-17(11-13-18)9-6-4-2/h4,12,14-15,17H,2-3,5-11,13,16H2,1H3. The Morgan fingerprint density at radius 2 is 2.04 bits per heavy atom. The Balaban J connectivity index is 1.97. The molecule has 1 aromatic rings. The summed E-state index contributed by atoms with van der Waals surface area (Å²) < 4.78 is 34.2. The van der Waals surface area contributed by atoms with E-state index in [4.69, 9.17) is 4.74 Å². The highest BCUT2D eigenvalue weighted by atomic mass is 19.2. The van der Waals surface area contributed by atoms with Gasteiger partial charge in [0.15, 0.2) is 11.6 Å². The van der Waals surface area contributed by atoms with Crippen LogP contribution in [0.3, 0.4) is 0 Å². The summed E-state index contributed by atoms with van der Waals surface area (Å²) >= 11 is 0. The van der Waals surface area contributed by atoms with E-state index >= 15 is 0 Å². The lowest BCUT2D eigenvalue weighted by molar-refractivity contribution is 0.285. The highest BCUT2D eigenvalue weighted by Crippen LogP contribution is 2.35. The average molecular weight is 348 g/mol. The van der Waals surface area contributed by atoms with E-state index < -0.39 is 11.6 Å². The fourth-order valence-electron chi connectivity index (χ4n) is 3.35. The van der Waals surface area contributed by atoms with Crippen molar-refractivity contribution in [1.29, 1.82) is 0 Å². The molecule has 1 aliphatic rings. The van der Waals surface area contributed by atoms with Crippen molar-refractivity contribution in [2.24, 2.45) is 5.92 Å². The Kier molecular flexibility index (Phi) is 8.17. The predicted octanol–water partition coefficient (Wildman–Crippen LogP) is 7.07. The van der Waals surface area contributed by atoms with E-state index in [0.717, 1.165) is 63.4 Å². The summed E-state index contributed by atoms with van der Waals surface area (Å²) in [6.07, 6.45) is 13.1. The number of rotatable bonds is 10. The summed E-state index contributed by atoms with van der Waals surface area (Å²) in [7, 11) is 0. The van der Waals surface area contributed by atoms with Crippen molar-refractivity contribution >= 4 is 5.57 Å². The average Bonchev–Trinajstić information content (AvgIpc) is 2.64. The summed E-state index contributed by atoms with van der Waals surface area (Å²) in [4.78, 5) is 0. The van der Waals surface area contributed by atoms with Crippen LogP contribution in [0.4, 0.5) is 8.78 Å². The maximum atomic E-state index is 14.5. The van der Waals surface area contributed by atoms with Gasteiger partial charge in [0, 0.05) is 5.56 Å². The Bertz CT molecular complexity index is 592. The molecular weight excluding hydrogens is 318 g/mol. The second kappa shape index (κ2) is 10.4. The molecule has 2 rings (SSSR count). The summed E-state index contributed by atoms with van der Waals surface area (Å²) in [5.41, 5.74) is 1.30. The van der Waals surface area contributed by atoms with Crippen molar-refractivity contribution in [2.75, 3.05) is 6.61 Å². The van der Waals surface area contributed by atoms with Gasteiger partial charge in [0.25, 0.3) is 0 Å². The van der Waals surface area contributed by atoms with Crippen molar-refractivity contribution in [3.63, 3.8) is 0 Å². The Hall–Kier alpha value is -1.64. The Morgan fingerprint density at radius 1 is 1.20 bits per heavy atom. The number of unbranched alkanes of at least 4 members (excludes halogenated alkanes) is 3. The largest absolute Gasteiger partial charge is 0.490 e. The summed E-state index contributed by atoms with van der Waals surface area (Å²) in [5, 5.41) is 0. The molecule has 0 bridgehead atoms. The number of hydrogen-bond donors (Lipinski definition) is 0. The van der Waals surface area contributed by atoms with Crippen LogP contribution in [0.1, 0.15) is 70.3 Å². The second-order valence-electron chi connectivity index (χ2n) is 6.88. The molecule has 1 unspecified atom stereocenters. The molecule has 25 heavy (non-hydrogen) atoms. The number of benzene rings is 1.